The van der Waals surface area contributed by atoms with Crippen molar-refractivity contribution in [2.24, 2.45) is 11.7 Å². The molecular weight excluding hydrogens is 204 g/mol. The molecule has 2 fully saturated rings. The first-order chi connectivity index (χ1) is 7.74. The highest BCUT2D eigenvalue weighted by atomic mass is 16.5. The molecule has 3 N–H and O–H groups in total. The number of hydrogen-bond donors (Lipinski definition) is 2. The standard InChI is InChI=1S/C12H24N2O2/c1-14(10-4-6-16-7-5-10)11(8-15)12(13)9-2-3-9/h9-12,15H,2-8,13H2,1H3. The highest BCUT2D eigenvalue weighted by Crippen LogP contribution is 2.34. The van der Waals surface area contributed by atoms with Gasteiger partial charge in [0, 0.05) is 31.3 Å². The van der Waals surface area contributed by atoms with Crippen LogP contribution in [0, 0.1) is 5.92 Å². The van der Waals surface area contributed by atoms with Crippen molar-refractivity contribution in [3.63, 3.8) is 0 Å². The summed E-state index contributed by atoms with van der Waals surface area (Å²) in [7, 11) is 2.10. The molecule has 2 unspecified atom stereocenters. The van der Waals surface area contributed by atoms with Gasteiger partial charge in [-0.05, 0) is 38.6 Å². The maximum Gasteiger partial charge on any atom is 0.0602 e. The van der Waals surface area contributed by atoms with Crippen LogP contribution in [-0.4, -0.2) is 55.0 Å². The summed E-state index contributed by atoms with van der Waals surface area (Å²) in [6.07, 6.45) is 4.59. The van der Waals surface area contributed by atoms with Crippen molar-refractivity contribution in [1.82, 2.24) is 4.90 Å². The van der Waals surface area contributed by atoms with Gasteiger partial charge in [-0.15, -0.1) is 0 Å². The third-order valence-corrected chi connectivity index (χ3v) is 4.09. The zero-order valence-electron chi connectivity index (χ0n) is 10.1. The first kappa shape index (κ1) is 12.3. The van der Waals surface area contributed by atoms with Gasteiger partial charge in [0.1, 0.15) is 0 Å². The monoisotopic (exact) mass is 228 g/mol. The van der Waals surface area contributed by atoms with Gasteiger partial charge in [-0.1, -0.05) is 0 Å². The zero-order valence-corrected chi connectivity index (χ0v) is 10.1. The highest BCUT2D eigenvalue weighted by molar-refractivity contribution is 4.94. The summed E-state index contributed by atoms with van der Waals surface area (Å²) in [5, 5.41) is 9.52. The van der Waals surface area contributed by atoms with E-state index in [0.717, 1.165) is 26.1 Å². The number of likely N-dealkylation sites (N-methyl/N-ethyl adjacent to an activating group) is 1. The van der Waals surface area contributed by atoms with Crippen molar-refractivity contribution in [2.45, 2.75) is 43.8 Å². The van der Waals surface area contributed by atoms with Crippen LogP contribution in [0.1, 0.15) is 25.7 Å². The molecular formula is C12H24N2O2. The van der Waals surface area contributed by atoms with E-state index in [0.29, 0.717) is 12.0 Å². The number of nitrogens with two attached hydrogens (primary N) is 1. The van der Waals surface area contributed by atoms with E-state index >= 15 is 0 Å². The van der Waals surface area contributed by atoms with E-state index in [9.17, 15) is 5.11 Å². The molecule has 0 radical (unpaired) electrons. The molecule has 0 aromatic heterocycles. The lowest BCUT2D eigenvalue weighted by Gasteiger charge is -2.39. The van der Waals surface area contributed by atoms with Gasteiger partial charge in [-0.2, -0.15) is 0 Å². The van der Waals surface area contributed by atoms with Crippen LogP contribution in [0.5, 0.6) is 0 Å². The number of ether oxygens (including phenoxy) is 1. The topological polar surface area (TPSA) is 58.7 Å². The van der Waals surface area contributed by atoms with Crippen molar-refractivity contribution < 1.29 is 9.84 Å². The first-order valence-electron chi connectivity index (χ1n) is 6.40. The Hall–Kier alpha value is -0.160. The smallest absolute Gasteiger partial charge is 0.0602 e. The molecule has 1 aliphatic heterocycles. The molecule has 0 aromatic carbocycles. The predicted octanol–water partition coefficient (Wildman–Crippen LogP) is 0.195. The quantitative estimate of drug-likeness (QED) is 0.705. The Morgan fingerprint density at radius 1 is 1.31 bits per heavy atom. The predicted molar refractivity (Wildman–Crippen MR) is 63.2 cm³/mol. The van der Waals surface area contributed by atoms with Gasteiger partial charge in [0.25, 0.3) is 0 Å². The SMILES string of the molecule is CN(C1CCOCC1)C(CO)C(N)C1CC1. The summed E-state index contributed by atoms with van der Waals surface area (Å²) in [4.78, 5) is 2.28. The van der Waals surface area contributed by atoms with Gasteiger partial charge >= 0.3 is 0 Å². The molecule has 2 aliphatic rings. The minimum absolute atomic E-state index is 0.121. The number of nitrogens with zero attached hydrogens (tertiary/aromatic N) is 1. The van der Waals surface area contributed by atoms with Gasteiger partial charge in [0.2, 0.25) is 0 Å². The maximum atomic E-state index is 9.52. The highest BCUT2D eigenvalue weighted by Gasteiger charge is 2.37. The molecule has 0 aromatic rings. The van der Waals surface area contributed by atoms with E-state index in [1.807, 2.05) is 0 Å². The molecule has 94 valence electrons. The number of hydrogen-bond acceptors (Lipinski definition) is 4. The second-order valence-electron chi connectivity index (χ2n) is 5.17. The van der Waals surface area contributed by atoms with Crippen LogP contribution >= 0.6 is 0 Å². The Balaban J connectivity index is 1.90. The third kappa shape index (κ3) is 2.74. The fraction of sp³-hybridized carbons (Fsp3) is 1.00. The van der Waals surface area contributed by atoms with E-state index < -0.39 is 0 Å². The van der Waals surface area contributed by atoms with Crippen LogP contribution in [0.15, 0.2) is 0 Å². The number of aliphatic hydroxyl groups is 1. The van der Waals surface area contributed by atoms with Crippen LogP contribution in [0.2, 0.25) is 0 Å². The van der Waals surface area contributed by atoms with Crippen molar-refractivity contribution in [3.8, 4) is 0 Å². The molecule has 16 heavy (non-hydrogen) atoms. The van der Waals surface area contributed by atoms with Gasteiger partial charge < -0.3 is 15.6 Å². The Bertz CT molecular complexity index is 215. The Morgan fingerprint density at radius 3 is 2.44 bits per heavy atom. The Morgan fingerprint density at radius 2 is 1.94 bits per heavy atom. The molecule has 1 heterocycles. The van der Waals surface area contributed by atoms with E-state index in [1.54, 1.807) is 0 Å². The van der Waals surface area contributed by atoms with Crippen LogP contribution in [0.4, 0.5) is 0 Å². The largest absolute Gasteiger partial charge is 0.395 e. The van der Waals surface area contributed by atoms with Crippen molar-refractivity contribution in [1.29, 1.82) is 0 Å². The zero-order chi connectivity index (χ0) is 11.5. The van der Waals surface area contributed by atoms with E-state index in [-0.39, 0.29) is 18.7 Å². The van der Waals surface area contributed by atoms with Crippen molar-refractivity contribution >= 4 is 0 Å². The van der Waals surface area contributed by atoms with Crippen LogP contribution < -0.4 is 5.73 Å². The molecule has 1 saturated carbocycles. The molecule has 1 aliphatic carbocycles. The number of aliphatic hydroxyl groups excluding tert-OH is 1. The molecule has 0 amide bonds. The van der Waals surface area contributed by atoms with Crippen molar-refractivity contribution in [3.05, 3.63) is 0 Å². The average Bonchev–Trinajstić information content (AvgIpc) is 3.14. The summed E-state index contributed by atoms with van der Waals surface area (Å²) in [5.74, 6) is 0.638. The van der Waals surface area contributed by atoms with E-state index in [1.165, 1.54) is 12.8 Å². The minimum Gasteiger partial charge on any atom is -0.395 e. The van der Waals surface area contributed by atoms with Crippen LogP contribution in [0.3, 0.4) is 0 Å². The molecule has 2 atom stereocenters. The molecule has 4 nitrogen and oxygen atoms in total. The molecule has 1 saturated heterocycles. The third-order valence-electron chi connectivity index (χ3n) is 4.09. The summed E-state index contributed by atoms with van der Waals surface area (Å²) < 4.78 is 5.36. The van der Waals surface area contributed by atoms with Crippen molar-refractivity contribution in [2.75, 3.05) is 26.9 Å². The number of rotatable bonds is 5. The Kier molecular flexibility index (Phi) is 4.19. The van der Waals surface area contributed by atoms with Gasteiger partial charge in [-0.25, -0.2) is 0 Å². The molecule has 4 heteroatoms. The first-order valence-corrected chi connectivity index (χ1v) is 6.40. The van der Waals surface area contributed by atoms with Gasteiger partial charge in [0.05, 0.1) is 6.61 Å². The summed E-state index contributed by atoms with van der Waals surface area (Å²) in [6.45, 7) is 1.85. The fourth-order valence-electron chi connectivity index (χ4n) is 2.68. The molecule has 0 bridgehead atoms. The lowest BCUT2D eigenvalue weighted by Crippen LogP contribution is -2.54. The van der Waals surface area contributed by atoms with Crippen LogP contribution in [0.25, 0.3) is 0 Å². The normalized spacial score (nSPS) is 27.0. The van der Waals surface area contributed by atoms with Crippen LogP contribution in [-0.2, 0) is 4.74 Å². The fourth-order valence-corrected chi connectivity index (χ4v) is 2.68. The van der Waals surface area contributed by atoms with E-state index in [4.69, 9.17) is 10.5 Å². The average molecular weight is 228 g/mol. The maximum absolute atomic E-state index is 9.52. The molecule has 0 spiro atoms. The second kappa shape index (κ2) is 5.45. The second-order valence-corrected chi connectivity index (χ2v) is 5.17. The van der Waals surface area contributed by atoms with Gasteiger partial charge in [-0.3, -0.25) is 4.90 Å². The Labute approximate surface area is 97.7 Å². The lowest BCUT2D eigenvalue weighted by atomic mass is 9.99. The summed E-state index contributed by atoms with van der Waals surface area (Å²) in [6, 6.07) is 0.782. The lowest BCUT2D eigenvalue weighted by molar-refractivity contribution is 0.00957. The summed E-state index contributed by atoms with van der Waals surface area (Å²) in [5.41, 5.74) is 6.21. The van der Waals surface area contributed by atoms with E-state index in [2.05, 4.69) is 11.9 Å². The molecule has 2 rings (SSSR count). The van der Waals surface area contributed by atoms with Gasteiger partial charge in [0.15, 0.2) is 0 Å². The minimum atomic E-state index is 0.121. The summed E-state index contributed by atoms with van der Waals surface area (Å²) >= 11 is 0.